The van der Waals surface area contributed by atoms with Gasteiger partial charge in [0, 0.05) is 51.6 Å². The molecule has 6 nitrogen and oxygen atoms in total. The van der Waals surface area contributed by atoms with Gasteiger partial charge in [-0.1, -0.05) is 12.2 Å². The normalized spacial score (nSPS) is 17.2. The quantitative estimate of drug-likeness (QED) is 0.692. The van der Waals surface area contributed by atoms with Crippen molar-refractivity contribution in [2.24, 2.45) is 10.7 Å². The third-order valence-electron chi connectivity index (χ3n) is 5.01. The Bertz CT molecular complexity index is 721. The van der Waals surface area contributed by atoms with Gasteiger partial charge >= 0.3 is 0 Å². The summed E-state index contributed by atoms with van der Waals surface area (Å²) in [5.41, 5.74) is 5.12. The number of hydrogen-bond acceptors (Lipinski definition) is 5. The Balaban J connectivity index is 1.80. The molecule has 28 heavy (non-hydrogen) atoms. The predicted molar refractivity (Wildman–Crippen MR) is 111 cm³/mol. The Morgan fingerprint density at radius 3 is 2.75 bits per heavy atom. The van der Waals surface area contributed by atoms with Crippen LogP contribution in [-0.2, 0) is 11.2 Å². The zero-order valence-corrected chi connectivity index (χ0v) is 16.7. The third kappa shape index (κ3) is 6.35. The van der Waals surface area contributed by atoms with E-state index in [2.05, 4.69) is 19.8 Å². The summed E-state index contributed by atoms with van der Waals surface area (Å²) in [6.07, 6.45) is 11.4. The number of aromatic nitrogens is 1. The zero-order valence-electron chi connectivity index (χ0n) is 16.7. The summed E-state index contributed by atoms with van der Waals surface area (Å²) in [7, 11) is 0. The molecular weight excluding hydrogens is 357 g/mol. The summed E-state index contributed by atoms with van der Waals surface area (Å²) in [6, 6.07) is 3.05. The lowest BCUT2D eigenvalue weighted by molar-refractivity contribution is -0.129. The molecule has 0 bridgehead atoms. The van der Waals surface area contributed by atoms with Crippen LogP contribution in [0.3, 0.4) is 0 Å². The molecule has 7 heteroatoms. The Kier molecular flexibility index (Phi) is 8.47. The van der Waals surface area contributed by atoms with E-state index in [-0.39, 0.29) is 11.7 Å². The fraction of sp³-hybridized carbons (Fsp3) is 0.476. The molecule has 0 radical (unpaired) electrons. The van der Waals surface area contributed by atoms with Gasteiger partial charge < -0.3 is 10.6 Å². The van der Waals surface area contributed by atoms with Crippen LogP contribution in [0.2, 0.25) is 0 Å². The molecule has 0 atom stereocenters. The van der Waals surface area contributed by atoms with Crippen LogP contribution in [0.5, 0.6) is 0 Å². The average Bonchev–Trinajstić information content (AvgIpc) is 2.70. The van der Waals surface area contributed by atoms with Gasteiger partial charge in [-0.2, -0.15) is 0 Å². The van der Waals surface area contributed by atoms with E-state index in [0.29, 0.717) is 18.5 Å². The van der Waals surface area contributed by atoms with E-state index in [0.717, 1.165) is 32.7 Å². The zero-order chi connectivity index (χ0) is 20.4. The van der Waals surface area contributed by atoms with Gasteiger partial charge in [0.2, 0.25) is 0 Å². The molecule has 0 spiro atoms. The smallest absolute Gasteiger partial charge is 0.265 e. The van der Waals surface area contributed by atoms with Crippen LogP contribution in [-0.4, -0.2) is 65.2 Å². The minimum atomic E-state index is -0.652. The number of carbonyl (C=O) groups is 1. The Labute approximate surface area is 166 Å². The standard InChI is InChI=1S/C21H30FN5O/c1-21(2,20(28)25-11-6-4-3-5-10-23)27-16-14-26(15-17-27)13-9-19-18(22)8-7-12-24-19/h4-8,10-12H,3,9,13-17,23H2,1-2H3/b6-4-,10-5+,25-11-. The monoisotopic (exact) mass is 387 g/mol. The van der Waals surface area contributed by atoms with Gasteiger partial charge in [0.1, 0.15) is 5.82 Å². The molecule has 0 saturated carbocycles. The number of pyridine rings is 1. The van der Waals surface area contributed by atoms with Gasteiger partial charge in [-0.15, -0.1) is 0 Å². The highest BCUT2D eigenvalue weighted by Gasteiger charge is 2.35. The van der Waals surface area contributed by atoms with Gasteiger partial charge in [-0.05, 0) is 44.7 Å². The molecule has 1 aliphatic rings. The minimum Gasteiger partial charge on any atom is -0.405 e. The van der Waals surface area contributed by atoms with Crippen molar-refractivity contribution in [3.63, 3.8) is 0 Å². The van der Waals surface area contributed by atoms with Crippen molar-refractivity contribution < 1.29 is 9.18 Å². The maximum Gasteiger partial charge on any atom is 0.265 e. The van der Waals surface area contributed by atoms with Crippen LogP contribution in [0.25, 0.3) is 0 Å². The van der Waals surface area contributed by atoms with E-state index in [9.17, 15) is 9.18 Å². The second kappa shape index (κ2) is 10.8. The number of allylic oxidation sites excluding steroid dienone is 3. The number of carbonyl (C=O) groups excluding carboxylic acids is 1. The number of nitrogens with zero attached hydrogens (tertiary/aromatic N) is 4. The van der Waals surface area contributed by atoms with Crippen LogP contribution in [0.4, 0.5) is 4.39 Å². The Morgan fingerprint density at radius 1 is 1.32 bits per heavy atom. The van der Waals surface area contributed by atoms with Crippen molar-refractivity contribution in [3.05, 3.63) is 54.3 Å². The molecular formula is C21H30FN5O. The number of aliphatic imine (C=N–C) groups is 1. The predicted octanol–water partition coefficient (Wildman–Crippen LogP) is 2.18. The lowest BCUT2D eigenvalue weighted by Crippen LogP contribution is -2.57. The highest BCUT2D eigenvalue weighted by molar-refractivity contribution is 5.94. The number of halogens is 1. The van der Waals surface area contributed by atoms with Crippen LogP contribution >= 0.6 is 0 Å². The van der Waals surface area contributed by atoms with E-state index < -0.39 is 5.54 Å². The van der Waals surface area contributed by atoms with Crippen molar-refractivity contribution in [1.82, 2.24) is 14.8 Å². The van der Waals surface area contributed by atoms with Crippen LogP contribution in [0, 0.1) is 5.82 Å². The fourth-order valence-corrected chi connectivity index (χ4v) is 3.10. The van der Waals surface area contributed by atoms with E-state index in [1.165, 1.54) is 18.5 Å². The van der Waals surface area contributed by atoms with Crippen molar-refractivity contribution in [1.29, 1.82) is 0 Å². The lowest BCUT2D eigenvalue weighted by Gasteiger charge is -2.42. The first-order valence-electron chi connectivity index (χ1n) is 9.62. The molecule has 1 aliphatic heterocycles. The van der Waals surface area contributed by atoms with Gasteiger partial charge in [0.25, 0.3) is 5.91 Å². The van der Waals surface area contributed by atoms with E-state index >= 15 is 0 Å². The molecule has 2 heterocycles. The van der Waals surface area contributed by atoms with E-state index in [1.54, 1.807) is 18.3 Å². The number of nitrogens with two attached hydrogens (primary N) is 1. The van der Waals surface area contributed by atoms with Crippen molar-refractivity contribution in [2.45, 2.75) is 32.2 Å². The molecule has 0 aromatic carbocycles. The molecule has 2 rings (SSSR count). The Morgan fingerprint density at radius 2 is 2.07 bits per heavy atom. The van der Waals surface area contributed by atoms with Crippen LogP contribution in [0.15, 0.2) is 47.7 Å². The lowest BCUT2D eigenvalue weighted by atomic mass is 10.0. The molecule has 1 aromatic rings. The van der Waals surface area contributed by atoms with Crippen LogP contribution < -0.4 is 5.73 Å². The second-order valence-corrected chi connectivity index (χ2v) is 7.24. The first-order chi connectivity index (χ1) is 13.4. The molecule has 1 aromatic heterocycles. The molecule has 1 amide bonds. The van der Waals surface area contributed by atoms with Gasteiger partial charge in [0.15, 0.2) is 0 Å². The topological polar surface area (TPSA) is 74.8 Å². The number of amides is 1. The van der Waals surface area contributed by atoms with E-state index in [4.69, 9.17) is 5.73 Å². The van der Waals surface area contributed by atoms with Gasteiger partial charge in [-0.3, -0.25) is 14.7 Å². The number of rotatable bonds is 8. The van der Waals surface area contributed by atoms with Gasteiger partial charge in [0.05, 0.1) is 11.2 Å². The summed E-state index contributed by atoms with van der Waals surface area (Å²) < 4.78 is 13.7. The van der Waals surface area contributed by atoms with Crippen molar-refractivity contribution >= 4 is 12.1 Å². The summed E-state index contributed by atoms with van der Waals surface area (Å²) >= 11 is 0. The minimum absolute atomic E-state index is 0.157. The van der Waals surface area contributed by atoms with Crippen LogP contribution in [0.1, 0.15) is 26.0 Å². The summed E-state index contributed by atoms with van der Waals surface area (Å²) in [6.45, 7) is 7.79. The summed E-state index contributed by atoms with van der Waals surface area (Å²) in [5, 5.41) is 0. The highest BCUT2D eigenvalue weighted by Crippen LogP contribution is 2.19. The summed E-state index contributed by atoms with van der Waals surface area (Å²) in [4.78, 5) is 25.1. The summed E-state index contributed by atoms with van der Waals surface area (Å²) in [5.74, 6) is -0.408. The largest absolute Gasteiger partial charge is 0.405 e. The van der Waals surface area contributed by atoms with Crippen molar-refractivity contribution in [3.8, 4) is 0 Å². The maximum atomic E-state index is 13.7. The Hall–Kier alpha value is -2.38. The average molecular weight is 388 g/mol. The number of piperazine rings is 1. The molecule has 152 valence electrons. The molecule has 0 unspecified atom stereocenters. The second-order valence-electron chi connectivity index (χ2n) is 7.24. The molecule has 0 aliphatic carbocycles. The molecule has 2 N–H and O–H groups in total. The van der Waals surface area contributed by atoms with Gasteiger partial charge in [-0.25, -0.2) is 9.38 Å². The fourth-order valence-electron chi connectivity index (χ4n) is 3.10. The molecule has 1 fully saturated rings. The first-order valence-corrected chi connectivity index (χ1v) is 9.62. The molecule has 1 saturated heterocycles. The van der Waals surface area contributed by atoms with E-state index in [1.807, 2.05) is 26.0 Å². The highest BCUT2D eigenvalue weighted by atomic mass is 19.1. The first kappa shape index (κ1) is 21.9. The number of hydrogen-bond donors (Lipinski definition) is 1. The maximum absolute atomic E-state index is 13.7. The third-order valence-corrected chi connectivity index (χ3v) is 5.01. The SMILES string of the molecule is CC(C)(C(=O)/N=C\C=C/C/C=C/N)N1CCN(CCc2ncccc2F)CC1. The van der Waals surface area contributed by atoms with Crippen molar-refractivity contribution in [2.75, 3.05) is 32.7 Å².